The van der Waals surface area contributed by atoms with Gasteiger partial charge in [-0.15, -0.1) is 5.10 Å². The highest BCUT2D eigenvalue weighted by Gasteiger charge is 2.26. The zero-order valence-corrected chi connectivity index (χ0v) is 23.9. The normalized spacial score (nSPS) is 16.3. The van der Waals surface area contributed by atoms with E-state index >= 15 is 0 Å². The second-order valence-corrected chi connectivity index (χ2v) is 10.6. The predicted octanol–water partition coefficient (Wildman–Crippen LogP) is 4.53. The molecule has 0 unspecified atom stereocenters. The van der Waals surface area contributed by atoms with Gasteiger partial charge in [-0.2, -0.15) is 0 Å². The van der Waals surface area contributed by atoms with Crippen LogP contribution in [0.15, 0.2) is 47.3 Å². The lowest BCUT2D eigenvalue weighted by Crippen LogP contribution is -2.32. The standard InChI is InChI=1S/C31H37N5O4/c1-6-23-17-36(18-26-28(40-23)12-13-29(37)32-26)16-22-14-21(9-8-19(22)3)25(15-30(38)39-7-2)24-10-11-27-31(20(24)4)33-34-35(27)5/h8-14,23,25H,6-7,15-18H2,1-5H3,(H,32,37)/t23-,25-/m1/s1. The summed E-state index contributed by atoms with van der Waals surface area (Å²) in [6.07, 6.45) is 1.11. The molecule has 1 aliphatic rings. The molecule has 210 valence electrons. The van der Waals surface area contributed by atoms with Gasteiger partial charge in [-0.1, -0.05) is 36.4 Å². The maximum atomic E-state index is 12.8. The Morgan fingerprint density at radius 3 is 2.77 bits per heavy atom. The summed E-state index contributed by atoms with van der Waals surface area (Å²) >= 11 is 0. The van der Waals surface area contributed by atoms with Crippen LogP contribution in [-0.2, 0) is 29.7 Å². The van der Waals surface area contributed by atoms with E-state index in [4.69, 9.17) is 9.47 Å². The van der Waals surface area contributed by atoms with Crippen molar-refractivity contribution in [1.82, 2.24) is 24.9 Å². The van der Waals surface area contributed by atoms with Crippen LogP contribution in [0.2, 0.25) is 0 Å². The SMILES string of the molecule is CCOC(=O)C[C@H](c1ccc(C)c(CN2Cc3[nH]c(=O)ccc3O[C@H](CC)C2)c1)c1ccc2c(nnn2C)c1C. The maximum absolute atomic E-state index is 12.8. The van der Waals surface area contributed by atoms with E-state index in [9.17, 15) is 9.59 Å². The third-order valence-corrected chi connectivity index (χ3v) is 7.85. The van der Waals surface area contributed by atoms with Gasteiger partial charge < -0.3 is 14.5 Å². The minimum absolute atomic E-state index is 0.0218. The number of H-pyrrole nitrogens is 1. The molecular formula is C31H37N5O4. The molecule has 5 rings (SSSR count). The molecular weight excluding hydrogens is 506 g/mol. The van der Waals surface area contributed by atoms with Gasteiger partial charge in [0.1, 0.15) is 17.4 Å². The third-order valence-electron chi connectivity index (χ3n) is 7.85. The van der Waals surface area contributed by atoms with Gasteiger partial charge in [0.25, 0.3) is 0 Å². The largest absolute Gasteiger partial charge is 0.487 e. The number of benzene rings is 2. The molecule has 4 aromatic rings. The first-order valence-corrected chi connectivity index (χ1v) is 13.9. The maximum Gasteiger partial charge on any atom is 0.306 e. The van der Waals surface area contributed by atoms with Crippen LogP contribution in [0, 0.1) is 13.8 Å². The quantitative estimate of drug-likeness (QED) is 0.326. The van der Waals surface area contributed by atoms with Crippen LogP contribution in [0.5, 0.6) is 5.75 Å². The summed E-state index contributed by atoms with van der Waals surface area (Å²) in [5.74, 6) is 0.311. The number of hydrogen-bond acceptors (Lipinski definition) is 7. The minimum Gasteiger partial charge on any atom is -0.487 e. The molecule has 0 saturated carbocycles. The van der Waals surface area contributed by atoms with E-state index in [1.807, 2.05) is 27.0 Å². The summed E-state index contributed by atoms with van der Waals surface area (Å²) in [7, 11) is 1.88. The number of carbonyl (C=O) groups is 1. The number of fused-ring (bicyclic) bond motifs is 2. The summed E-state index contributed by atoms with van der Waals surface area (Å²) in [5, 5.41) is 8.57. The molecule has 0 aliphatic carbocycles. The van der Waals surface area contributed by atoms with Gasteiger partial charge >= 0.3 is 5.97 Å². The van der Waals surface area contributed by atoms with E-state index in [1.54, 1.807) is 10.7 Å². The van der Waals surface area contributed by atoms with E-state index in [-0.39, 0.29) is 30.0 Å². The molecule has 1 N–H and O–H groups in total. The van der Waals surface area contributed by atoms with E-state index in [2.05, 4.69) is 58.3 Å². The number of nitrogens with zero attached hydrogens (tertiary/aromatic N) is 4. The average molecular weight is 544 g/mol. The number of carbonyl (C=O) groups excluding carboxylic acids is 1. The first-order valence-electron chi connectivity index (χ1n) is 13.9. The second kappa shape index (κ2) is 11.6. The fraction of sp³-hybridized carbons (Fsp3) is 0.419. The Kier molecular flexibility index (Phi) is 8.02. The molecule has 0 spiro atoms. The van der Waals surface area contributed by atoms with Gasteiger partial charge in [-0.25, -0.2) is 4.68 Å². The fourth-order valence-electron chi connectivity index (χ4n) is 5.60. The van der Waals surface area contributed by atoms with Crippen LogP contribution in [0.25, 0.3) is 11.0 Å². The van der Waals surface area contributed by atoms with Crippen molar-refractivity contribution in [1.29, 1.82) is 0 Å². The fourth-order valence-corrected chi connectivity index (χ4v) is 5.60. The zero-order chi connectivity index (χ0) is 28.4. The van der Waals surface area contributed by atoms with E-state index in [1.165, 1.54) is 17.2 Å². The van der Waals surface area contributed by atoms with Crippen molar-refractivity contribution in [3.63, 3.8) is 0 Å². The van der Waals surface area contributed by atoms with Crippen molar-refractivity contribution in [2.24, 2.45) is 7.05 Å². The van der Waals surface area contributed by atoms with E-state index in [0.29, 0.717) is 19.7 Å². The van der Waals surface area contributed by atoms with Gasteiger partial charge in [-0.3, -0.25) is 14.5 Å². The van der Waals surface area contributed by atoms with Gasteiger partial charge in [0.15, 0.2) is 0 Å². The molecule has 2 aromatic heterocycles. The summed E-state index contributed by atoms with van der Waals surface area (Å²) in [4.78, 5) is 30.1. The van der Waals surface area contributed by atoms with Crippen molar-refractivity contribution in [3.8, 4) is 5.75 Å². The van der Waals surface area contributed by atoms with Crippen LogP contribution in [0.3, 0.4) is 0 Å². The van der Waals surface area contributed by atoms with Crippen LogP contribution >= 0.6 is 0 Å². The molecule has 2 aromatic carbocycles. The lowest BCUT2D eigenvalue weighted by Gasteiger charge is -2.25. The van der Waals surface area contributed by atoms with Crippen molar-refractivity contribution in [3.05, 3.63) is 86.3 Å². The van der Waals surface area contributed by atoms with Gasteiger partial charge in [0.2, 0.25) is 5.56 Å². The monoisotopic (exact) mass is 543 g/mol. The Morgan fingerprint density at radius 1 is 1.18 bits per heavy atom. The highest BCUT2D eigenvalue weighted by Crippen LogP contribution is 2.35. The Hall–Kier alpha value is -3.98. The Labute approximate surface area is 234 Å². The average Bonchev–Trinajstić information content (AvgIpc) is 3.21. The van der Waals surface area contributed by atoms with Crippen molar-refractivity contribution >= 4 is 17.0 Å². The van der Waals surface area contributed by atoms with Gasteiger partial charge in [0.05, 0.1) is 24.2 Å². The number of aromatic amines is 1. The third kappa shape index (κ3) is 5.65. The molecule has 9 heteroatoms. The summed E-state index contributed by atoms with van der Waals surface area (Å²) in [6, 6.07) is 13.8. The van der Waals surface area contributed by atoms with Crippen LogP contribution < -0.4 is 10.3 Å². The van der Waals surface area contributed by atoms with Gasteiger partial charge in [-0.05, 0) is 67.1 Å². The van der Waals surface area contributed by atoms with Crippen molar-refractivity contribution < 1.29 is 14.3 Å². The molecule has 0 amide bonds. The lowest BCUT2D eigenvalue weighted by molar-refractivity contribution is -0.143. The number of nitrogens with one attached hydrogen (secondary N) is 1. The molecule has 1 aliphatic heterocycles. The number of aromatic nitrogens is 4. The first-order chi connectivity index (χ1) is 19.3. The number of aryl methyl sites for hydroxylation is 3. The molecule has 0 fully saturated rings. The molecule has 0 bridgehead atoms. The number of ether oxygens (including phenoxy) is 2. The van der Waals surface area contributed by atoms with Crippen LogP contribution in [-0.4, -0.2) is 50.1 Å². The summed E-state index contributed by atoms with van der Waals surface area (Å²) < 4.78 is 13.4. The van der Waals surface area contributed by atoms with Gasteiger partial charge in [0, 0.05) is 38.7 Å². The lowest BCUT2D eigenvalue weighted by atomic mass is 9.84. The summed E-state index contributed by atoms with van der Waals surface area (Å²) in [5.41, 5.74) is 7.89. The van der Waals surface area contributed by atoms with E-state index < -0.39 is 0 Å². The minimum atomic E-state index is -0.232. The highest BCUT2D eigenvalue weighted by atomic mass is 16.5. The predicted molar refractivity (Wildman–Crippen MR) is 153 cm³/mol. The summed E-state index contributed by atoms with van der Waals surface area (Å²) in [6.45, 7) is 10.4. The number of rotatable bonds is 8. The Balaban J connectivity index is 1.51. The van der Waals surface area contributed by atoms with Crippen LogP contribution in [0.4, 0.5) is 0 Å². The number of hydrogen-bond donors (Lipinski definition) is 1. The first kappa shape index (κ1) is 27.6. The molecule has 3 heterocycles. The molecule has 2 atom stereocenters. The molecule has 0 saturated heterocycles. The topological polar surface area (TPSA) is 102 Å². The highest BCUT2D eigenvalue weighted by molar-refractivity contribution is 5.80. The number of pyridine rings is 1. The smallest absolute Gasteiger partial charge is 0.306 e. The molecule has 9 nitrogen and oxygen atoms in total. The number of esters is 1. The molecule has 0 radical (unpaired) electrons. The molecule has 40 heavy (non-hydrogen) atoms. The van der Waals surface area contributed by atoms with E-state index in [0.717, 1.165) is 52.1 Å². The zero-order valence-electron chi connectivity index (χ0n) is 23.9. The Morgan fingerprint density at radius 2 is 2.00 bits per heavy atom. The second-order valence-electron chi connectivity index (χ2n) is 10.6. The van der Waals surface area contributed by atoms with Crippen molar-refractivity contribution in [2.75, 3.05) is 13.2 Å². The Bertz CT molecular complexity index is 1590. The van der Waals surface area contributed by atoms with Crippen molar-refractivity contribution in [2.45, 2.75) is 65.6 Å². The van der Waals surface area contributed by atoms with Crippen LogP contribution in [0.1, 0.15) is 66.1 Å².